The van der Waals surface area contributed by atoms with Crippen LogP contribution >= 0.6 is 0 Å². The predicted octanol–water partition coefficient (Wildman–Crippen LogP) is 3.15. The van der Waals surface area contributed by atoms with Gasteiger partial charge >= 0.3 is 0 Å². The number of benzene rings is 1. The number of aryl methyl sites for hydroxylation is 1. The summed E-state index contributed by atoms with van der Waals surface area (Å²) in [7, 11) is 0. The van der Waals surface area contributed by atoms with Crippen molar-refractivity contribution < 1.29 is 9.18 Å². The van der Waals surface area contributed by atoms with Crippen molar-refractivity contribution in [2.24, 2.45) is 11.1 Å². The lowest BCUT2D eigenvalue weighted by Gasteiger charge is -2.32. The average molecular weight is 264 g/mol. The van der Waals surface area contributed by atoms with E-state index < -0.39 is 0 Å². The zero-order valence-electron chi connectivity index (χ0n) is 11.7. The lowest BCUT2D eigenvalue weighted by Crippen LogP contribution is -2.30. The standard InChI is InChI=1S/C15H21FN2O/c1-4-15(2,3)14(17)10-7-9-5-6-13(19)18-12(9)8-11(10)16/h7-8,14H,4-6,17H2,1-3H3,(H,18,19). The maximum absolute atomic E-state index is 14.2. The molecular formula is C15H21FN2O. The van der Waals surface area contributed by atoms with E-state index in [9.17, 15) is 9.18 Å². The second-order valence-corrected chi connectivity index (χ2v) is 5.90. The van der Waals surface area contributed by atoms with Crippen molar-refractivity contribution in [2.45, 2.75) is 46.1 Å². The molecule has 2 rings (SSSR count). The van der Waals surface area contributed by atoms with Gasteiger partial charge < -0.3 is 11.1 Å². The molecule has 1 aromatic carbocycles. The summed E-state index contributed by atoms with van der Waals surface area (Å²) in [6.07, 6.45) is 1.97. The third-order valence-electron chi connectivity index (χ3n) is 4.21. The van der Waals surface area contributed by atoms with Crippen molar-refractivity contribution in [3.8, 4) is 0 Å². The van der Waals surface area contributed by atoms with Crippen molar-refractivity contribution in [1.29, 1.82) is 0 Å². The Bertz CT molecular complexity index is 511. The molecule has 1 unspecified atom stereocenters. The van der Waals surface area contributed by atoms with Crippen LogP contribution in [0.15, 0.2) is 12.1 Å². The highest BCUT2D eigenvalue weighted by atomic mass is 19.1. The van der Waals surface area contributed by atoms with Crippen molar-refractivity contribution in [2.75, 3.05) is 5.32 Å². The molecule has 0 aliphatic carbocycles. The van der Waals surface area contributed by atoms with Gasteiger partial charge in [-0.15, -0.1) is 0 Å². The Morgan fingerprint density at radius 1 is 1.42 bits per heavy atom. The Balaban J connectivity index is 2.41. The van der Waals surface area contributed by atoms with E-state index in [0.29, 0.717) is 24.1 Å². The highest BCUT2D eigenvalue weighted by Gasteiger charge is 2.29. The molecule has 3 nitrogen and oxygen atoms in total. The molecule has 0 fully saturated rings. The van der Waals surface area contributed by atoms with Gasteiger partial charge in [-0.05, 0) is 36.0 Å². The Morgan fingerprint density at radius 3 is 2.74 bits per heavy atom. The van der Waals surface area contributed by atoms with Crippen LogP contribution in [0.25, 0.3) is 0 Å². The van der Waals surface area contributed by atoms with Crippen LogP contribution in [-0.4, -0.2) is 5.91 Å². The van der Waals surface area contributed by atoms with Gasteiger partial charge in [-0.25, -0.2) is 4.39 Å². The number of carbonyl (C=O) groups excluding carboxylic acids is 1. The Kier molecular flexibility index (Phi) is 3.63. The van der Waals surface area contributed by atoms with E-state index in [2.05, 4.69) is 12.2 Å². The van der Waals surface area contributed by atoms with Crippen LogP contribution in [0.5, 0.6) is 0 Å². The first-order valence-corrected chi connectivity index (χ1v) is 6.73. The van der Waals surface area contributed by atoms with Crippen LogP contribution in [0.4, 0.5) is 10.1 Å². The second kappa shape index (κ2) is 4.93. The third-order valence-corrected chi connectivity index (χ3v) is 4.21. The Hall–Kier alpha value is -1.42. The number of hydrogen-bond donors (Lipinski definition) is 2. The van der Waals surface area contributed by atoms with Gasteiger partial charge in [-0.3, -0.25) is 4.79 Å². The molecule has 1 aliphatic heterocycles. The van der Waals surface area contributed by atoms with E-state index in [0.717, 1.165) is 12.0 Å². The summed E-state index contributed by atoms with van der Waals surface area (Å²) in [6.45, 7) is 6.13. The summed E-state index contributed by atoms with van der Waals surface area (Å²) in [5, 5.41) is 2.70. The zero-order chi connectivity index (χ0) is 14.2. The molecule has 19 heavy (non-hydrogen) atoms. The third kappa shape index (κ3) is 2.63. The number of carbonyl (C=O) groups is 1. The minimum absolute atomic E-state index is 0.0576. The van der Waals surface area contributed by atoms with Gasteiger partial charge in [-0.1, -0.05) is 20.8 Å². The molecule has 1 atom stereocenters. The molecule has 1 aromatic rings. The zero-order valence-corrected chi connectivity index (χ0v) is 11.7. The molecule has 3 N–H and O–H groups in total. The Morgan fingerprint density at radius 2 is 2.11 bits per heavy atom. The van der Waals surface area contributed by atoms with Gasteiger partial charge in [0.05, 0.1) is 0 Å². The van der Waals surface area contributed by atoms with Crippen LogP contribution in [-0.2, 0) is 11.2 Å². The minimum Gasteiger partial charge on any atom is -0.326 e. The largest absolute Gasteiger partial charge is 0.326 e. The smallest absolute Gasteiger partial charge is 0.224 e. The summed E-state index contributed by atoms with van der Waals surface area (Å²) in [5.74, 6) is -0.396. The van der Waals surface area contributed by atoms with Crippen molar-refractivity contribution in [3.05, 3.63) is 29.1 Å². The number of anilines is 1. The SMILES string of the molecule is CCC(C)(C)C(N)c1cc2c(cc1F)NC(=O)CC2. The number of halogens is 1. The topological polar surface area (TPSA) is 55.1 Å². The maximum Gasteiger partial charge on any atom is 0.224 e. The number of fused-ring (bicyclic) bond motifs is 1. The lowest BCUT2D eigenvalue weighted by atomic mass is 9.78. The maximum atomic E-state index is 14.2. The van der Waals surface area contributed by atoms with Gasteiger partial charge in [0.1, 0.15) is 5.82 Å². The first kappa shape index (κ1) is 14.0. The second-order valence-electron chi connectivity index (χ2n) is 5.90. The van der Waals surface area contributed by atoms with E-state index in [1.54, 1.807) is 0 Å². The molecule has 1 heterocycles. The fourth-order valence-corrected chi connectivity index (χ4v) is 2.30. The highest BCUT2D eigenvalue weighted by molar-refractivity contribution is 5.93. The molecule has 4 heteroatoms. The fraction of sp³-hybridized carbons (Fsp3) is 0.533. The van der Waals surface area contributed by atoms with Gasteiger partial charge in [0, 0.05) is 23.7 Å². The number of rotatable bonds is 3. The molecular weight excluding hydrogens is 243 g/mol. The van der Waals surface area contributed by atoms with Gasteiger partial charge in [0.25, 0.3) is 0 Å². The Labute approximate surface area is 113 Å². The molecule has 1 aliphatic rings. The van der Waals surface area contributed by atoms with Crippen LogP contribution in [0, 0.1) is 11.2 Å². The van der Waals surface area contributed by atoms with Gasteiger partial charge in [0.2, 0.25) is 5.91 Å². The van der Waals surface area contributed by atoms with E-state index in [1.807, 2.05) is 19.9 Å². The van der Waals surface area contributed by atoms with Crippen molar-refractivity contribution in [1.82, 2.24) is 0 Å². The summed E-state index contributed by atoms with van der Waals surface area (Å²) in [5.41, 5.74) is 8.15. The van der Waals surface area contributed by atoms with E-state index in [4.69, 9.17) is 5.73 Å². The minimum atomic E-state index is -0.347. The van der Waals surface area contributed by atoms with E-state index in [-0.39, 0.29) is 23.2 Å². The number of hydrogen-bond acceptors (Lipinski definition) is 2. The van der Waals surface area contributed by atoms with Crippen LogP contribution < -0.4 is 11.1 Å². The molecule has 0 bridgehead atoms. The fourth-order valence-electron chi connectivity index (χ4n) is 2.30. The van der Waals surface area contributed by atoms with Gasteiger partial charge in [-0.2, -0.15) is 0 Å². The number of amides is 1. The average Bonchev–Trinajstić information content (AvgIpc) is 2.37. The monoisotopic (exact) mass is 264 g/mol. The van der Waals surface area contributed by atoms with Crippen LogP contribution in [0.1, 0.15) is 50.8 Å². The van der Waals surface area contributed by atoms with Crippen molar-refractivity contribution >= 4 is 11.6 Å². The molecule has 0 spiro atoms. The predicted molar refractivity (Wildman–Crippen MR) is 74.4 cm³/mol. The molecule has 104 valence electrons. The van der Waals surface area contributed by atoms with Crippen LogP contribution in [0.2, 0.25) is 0 Å². The summed E-state index contributed by atoms with van der Waals surface area (Å²) in [6, 6.07) is 2.86. The molecule has 0 saturated heterocycles. The number of nitrogens with one attached hydrogen (secondary N) is 1. The van der Waals surface area contributed by atoms with E-state index in [1.165, 1.54) is 6.07 Å². The molecule has 0 radical (unpaired) electrons. The van der Waals surface area contributed by atoms with E-state index >= 15 is 0 Å². The lowest BCUT2D eigenvalue weighted by molar-refractivity contribution is -0.116. The first-order chi connectivity index (χ1) is 8.85. The van der Waals surface area contributed by atoms with Gasteiger partial charge in [0.15, 0.2) is 0 Å². The van der Waals surface area contributed by atoms with Crippen LogP contribution in [0.3, 0.4) is 0 Å². The quantitative estimate of drug-likeness (QED) is 0.881. The molecule has 0 aromatic heterocycles. The summed E-state index contributed by atoms with van der Waals surface area (Å²) in [4.78, 5) is 11.3. The molecule has 0 saturated carbocycles. The number of nitrogens with two attached hydrogens (primary N) is 1. The van der Waals surface area contributed by atoms with Crippen molar-refractivity contribution in [3.63, 3.8) is 0 Å². The molecule has 1 amide bonds. The normalized spacial score (nSPS) is 16.8. The summed E-state index contributed by atoms with van der Waals surface area (Å²) < 4.78 is 14.2. The highest BCUT2D eigenvalue weighted by Crippen LogP contribution is 2.37. The summed E-state index contributed by atoms with van der Waals surface area (Å²) >= 11 is 0. The first-order valence-electron chi connectivity index (χ1n) is 6.73.